The van der Waals surface area contributed by atoms with Gasteiger partial charge in [-0.3, -0.25) is 4.79 Å². The van der Waals surface area contributed by atoms with Crippen LogP contribution in [0.5, 0.6) is 0 Å². The highest BCUT2D eigenvalue weighted by Crippen LogP contribution is 2.34. The number of carbonyl (C=O) groups is 2. The molecule has 0 heterocycles. The van der Waals surface area contributed by atoms with Crippen LogP contribution in [-0.4, -0.2) is 12.1 Å². The molecule has 0 aromatic rings. The zero-order chi connectivity index (χ0) is 11.3. The number of hydrogen-bond acceptors (Lipinski definition) is 2. The van der Waals surface area contributed by atoms with Gasteiger partial charge >= 0.3 is 0 Å². The molecular formula is C12H17BrO2. The Balaban J connectivity index is 2.77. The van der Waals surface area contributed by atoms with Crippen LogP contribution in [0.4, 0.5) is 0 Å². The number of carbonyl (C=O) groups excluding carboxylic acids is 2. The van der Waals surface area contributed by atoms with E-state index in [1.54, 1.807) is 0 Å². The molecule has 84 valence electrons. The monoisotopic (exact) mass is 272 g/mol. The number of allylic oxidation sites excluding steroid dienone is 2. The third-order valence-corrected chi connectivity index (χ3v) is 3.95. The van der Waals surface area contributed by atoms with Crippen molar-refractivity contribution in [3.05, 3.63) is 10.1 Å². The average Bonchev–Trinajstić information content (AvgIpc) is 2.25. The standard InChI is InChI=1S/C12H17BrO2/c1-2-9(5-4-8-14)10-6-3-7-11(15)12(10)13/h8-9H,2-7H2,1H3/t9-/m1/s1. The van der Waals surface area contributed by atoms with Crippen molar-refractivity contribution in [1.82, 2.24) is 0 Å². The van der Waals surface area contributed by atoms with Crippen molar-refractivity contribution in [1.29, 1.82) is 0 Å². The van der Waals surface area contributed by atoms with Gasteiger partial charge in [-0.15, -0.1) is 0 Å². The maximum atomic E-state index is 11.5. The molecule has 0 saturated carbocycles. The zero-order valence-corrected chi connectivity index (χ0v) is 10.7. The lowest BCUT2D eigenvalue weighted by atomic mass is 9.84. The molecule has 0 saturated heterocycles. The van der Waals surface area contributed by atoms with Crippen LogP contribution in [0.25, 0.3) is 0 Å². The fourth-order valence-corrected chi connectivity index (χ4v) is 2.84. The van der Waals surface area contributed by atoms with Gasteiger partial charge in [-0.25, -0.2) is 0 Å². The van der Waals surface area contributed by atoms with E-state index in [9.17, 15) is 9.59 Å². The molecule has 1 aliphatic rings. The highest BCUT2D eigenvalue weighted by atomic mass is 79.9. The van der Waals surface area contributed by atoms with Crippen LogP contribution in [0, 0.1) is 5.92 Å². The average molecular weight is 273 g/mol. The molecule has 1 aliphatic carbocycles. The van der Waals surface area contributed by atoms with Crippen LogP contribution < -0.4 is 0 Å². The predicted molar refractivity (Wildman–Crippen MR) is 63.9 cm³/mol. The lowest BCUT2D eigenvalue weighted by molar-refractivity contribution is -0.115. The van der Waals surface area contributed by atoms with Gasteiger partial charge in [-0.05, 0) is 53.1 Å². The molecule has 1 rings (SSSR count). The van der Waals surface area contributed by atoms with Crippen LogP contribution in [0.15, 0.2) is 10.1 Å². The molecular weight excluding hydrogens is 256 g/mol. The van der Waals surface area contributed by atoms with E-state index in [0.717, 1.165) is 36.5 Å². The third-order valence-electron chi connectivity index (χ3n) is 3.00. The Hall–Kier alpha value is -0.440. The third kappa shape index (κ3) is 3.26. The van der Waals surface area contributed by atoms with Crippen molar-refractivity contribution in [2.75, 3.05) is 0 Å². The Kier molecular flexibility index (Phi) is 5.23. The minimum absolute atomic E-state index is 0.223. The van der Waals surface area contributed by atoms with E-state index in [0.29, 0.717) is 18.8 Å². The predicted octanol–water partition coefficient (Wildman–Crippen LogP) is 3.39. The molecule has 1 atom stereocenters. The van der Waals surface area contributed by atoms with Gasteiger partial charge in [0.1, 0.15) is 6.29 Å². The summed E-state index contributed by atoms with van der Waals surface area (Å²) in [5, 5.41) is 0. The first-order valence-corrected chi connectivity index (χ1v) is 6.35. The Labute approximate surface area is 99.2 Å². The minimum atomic E-state index is 0.223. The first kappa shape index (κ1) is 12.6. The zero-order valence-electron chi connectivity index (χ0n) is 9.09. The normalized spacial score (nSPS) is 19.2. The summed E-state index contributed by atoms with van der Waals surface area (Å²) < 4.78 is 0.784. The van der Waals surface area contributed by atoms with E-state index in [1.165, 1.54) is 5.57 Å². The van der Waals surface area contributed by atoms with Crippen molar-refractivity contribution in [3.63, 3.8) is 0 Å². The molecule has 0 fully saturated rings. The molecule has 0 amide bonds. The van der Waals surface area contributed by atoms with Gasteiger partial charge in [0.25, 0.3) is 0 Å². The van der Waals surface area contributed by atoms with E-state index in [-0.39, 0.29) is 5.78 Å². The number of ketones is 1. The van der Waals surface area contributed by atoms with Gasteiger partial charge < -0.3 is 4.79 Å². The van der Waals surface area contributed by atoms with Gasteiger partial charge in [0, 0.05) is 12.8 Å². The second kappa shape index (κ2) is 6.21. The highest BCUT2D eigenvalue weighted by molar-refractivity contribution is 9.12. The van der Waals surface area contributed by atoms with E-state index in [1.807, 2.05) is 0 Å². The van der Waals surface area contributed by atoms with Crippen LogP contribution in [0.2, 0.25) is 0 Å². The summed E-state index contributed by atoms with van der Waals surface area (Å²) in [4.78, 5) is 21.9. The Bertz CT molecular complexity index is 281. The maximum Gasteiger partial charge on any atom is 0.169 e. The first-order chi connectivity index (χ1) is 7.20. The molecule has 0 unspecified atom stereocenters. The first-order valence-electron chi connectivity index (χ1n) is 5.56. The second-order valence-corrected chi connectivity index (χ2v) is 4.76. The summed E-state index contributed by atoms with van der Waals surface area (Å²) in [6.07, 6.45) is 6.06. The fraction of sp³-hybridized carbons (Fsp3) is 0.667. The van der Waals surface area contributed by atoms with E-state index in [2.05, 4.69) is 22.9 Å². The highest BCUT2D eigenvalue weighted by Gasteiger charge is 2.23. The van der Waals surface area contributed by atoms with Gasteiger partial charge in [0.2, 0.25) is 0 Å². The lowest BCUT2D eigenvalue weighted by Crippen LogP contribution is -2.14. The molecule has 0 bridgehead atoms. The molecule has 2 nitrogen and oxygen atoms in total. The van der Waals surface area contributed by atoms with Crippen LogP contribution in [0.3, 0.4) is 0 Å². The largest absolute Gasteiger partial charge is 0.303 e. The Morgan fingerprint density at radius 2 is 2.20 bits per heavy atom. The lowest BCUT2D eigenvalue weighted by Gasteiger charge is -2.23. The molecule has 3 heteroatoms. The molecule has 0 aromatic carbocycles. The Morgan fingerprint density at radius 3 is 2.80 bits per heavy atom. The van der Waals surface area contributed by atoms with Gasteiger partial charge in [0.15, 0.2) is 5.78 Å². The Morgan fingerprint density at radius 1 is 1.47 bits per heavy atom. The van der Waals surface area contributed by atoms with E-state index >= 15 is 0 Å². The van der Waals surface area contributed by atoms with Crippen LogP contribution in [-0.2, 0) is 9.59 Å². The maximum absolute atomic E-state index is 11.5. The summed E-state index contributed by atoms with van der Waals surface area (Å²) in [7, 11) is 0. The second-order valence-electron chi connectivity index (χ2n) is 3.97. The smallest absolute Gasteiger partial charge is 0.169 e. The molecule has 0 radical (unpaired) electrons. The number of rotatable bonds is 5. The van der Waals surface area contributed by atoms with Crippen molar-refractivity contribution in [3.8, 4) is 0 Å². The molecule has 0 N–H and O–H groups in total. The number of Topliss-reactive ketones (excluding diaryl/α,β-unsaturated/α-hetero) is 1. The molecule has 15 heavy (non-hydrogen) atoms. The minimum Gasteiger partial charge on any atom is -0.303 e. The van der Waals surface area contributed by atoms with E-state index < -0.39 is 0 Å². The summed E-state index contributed by atoms with van der Waals surface area (Å²) >= 11 is 3.40. The summed E-state index contributed by atoms with van der Waals surface area (Å²) in [6, 6.07) is 0. The quantitative estimate of drug-likeness (QED) is 0.719. The topological polar surface area (TPSA) is 34.1 Å². The number of aldehydes is 1. The summed E-state index contributed by atoms with van der Waals surface area (Å²) in [5.74, 6) is 0.620. The summed E-state index contributed by atoms with van der Waals surface area (Å²) in [6.45, 7) is 2.11. The SMILES string of the molecule is CC[C@H](CCC=O)C1=C(Br)C(=O)CCC1. The van der Waals surface area contributed by atoms with Crippen molar-refractivity contribution in [2.24, 2.45) is 5.92 Å². The van der Waals surface area contributed by atoms with Crippen molar-refractivity contribution >= 4 is 28.0 Å². The number of halogens is 1. The molecule has 0 spiro atoms. The number of hydrogen-bond donors (Lipinski definition) is 0. The van der Waals surface area contributed by atoms with Crippen LogP contribution >= 0.6 is 15.9 Å². The summed E-state index contributed by atoms with van der Waals surface area (Å²) in [5.41, 5.74) is 1.23. The fourth-order valence-electron chi connectivity index (χ4n) is 2.12. The van der Waals surface area contributed by atoms with Gasteiger partial charge in [0.05, 0.1) is 4.48 Å². The molecule has 0 aromatic heterocycles. The molecule has 0 aliphatic heterocycles. The van der Waals surface area contributed by atoms with Gasteiger partial charge in [-0.1, -0.05) is 6.92 Å². The van der Waals surface area contributed by atoms with Gasteiger partial charge in [-0.2, -0.15) is 0 Å². The van der Waals surface area contributed by atoms with Crippen molar-refractivity contribution in [2.45, 2.75) is 45.4 Å². The van der Waals surface area contributed by atoms with Crippen molar-refractivity contribution < 1.29 is 9.59 Å². The van der Waals surface area contributed by atoms with E-state index in [4.69, 9.17) is 0 Å². The van der Waals surface area contributed by atoms with Crippen LogP contribution in [0.1, 0.15) is 45.4 Å².